The second-order valence-corrected chi connectivity index (χ2v) is 6.53. The number of benzene rings is 1. The predicted octanol–water partition coefficient (Wildman–Crippen LogP) is 2.66. The van der Waals surface area contributed by atoms with Crippen molar-refractivity contribution in [3.8, 4) is 11.4 Å². The fourth-order valence-corrected chi connectivity index (χ4v) is 2.90. The van der Waals surface area contributed by atoms with Crippen LogP contribution in [0.1, 0.15) is 31.6 Å². The molecule has 2 aromatic rings. The molecule has 7 heteroatoms. The monoisotopic (exact) mass is 348 g/mol. The molecule has 1 fully saturated rings. The summed E-state index contributed by atoms with van der Waals surface area (Å²) < 4.78 is 5.26. The van der Waals surface area contributed by atoms with Gasteiger partial charge in [0.1, 0.15) is 0 Å². The maximum absolute atomic E-state index is 12.2. The zero-order valence-electron chi connectivity index (χ0n) is 13.4. The zero-order chi connectivity index (χ0) is 16.9. The number of piperidine rings is 1. The van der Waals surface area contributed by atoms with Crippen LogP contribution in [0.4, 0.5) is 0 Å². The van der Waals surface area contributed by atoms with E-state index < -0.39 is 0 Å². The molecule has 1 amide bonds. The molecule has 0 aliphatic carbocycles. The van der Waals surface area contributed by atoms with E-state index in [9.17, 15) is 4.79 Å². The lowest BCUT2D eigenvalue weighted by Crippen LogP contribution is -2.42. The number of aromatic nitrogens is 2. The molecule has 128 valence electrons. The van der Waals surface area contributed by atoms with Gasteiger partial charge in [-0.2, -0.15) is 4.98 Å². The number of carbonyl (C=O) groups excluding carboxylic acids is 1. The molecule has 0 saturated carbocycles. The summed E-state index contributed by atoms with van der Waals surface area (Å²) in [6, 6.07) is 7.51. The van der Waals surface area contributed by atoms with Crippen molar-refractivity contribution < 1.29 is 9.32 Å². The van der Waals surface area contributed by atoms with Crippen molar-refractivity contribution in [3.05, 3.63) is 35.2 Å². The number of aryl methyl sites for hydroxylation is 1. The van der Waals surface area contributed by atoms with Crippen molar-refractivity contribution in [1.82, 2.24) is 15.0 Å². The van der Waals surface area contributed by atoms with Gasteiger partial charge in [-0.25, -0.2) is 0 Å². The van der Waals surface area contributed by atoms with E-state index in [1.165, 1.54) is 0 Å². The van der Waals surface area contributed by atoms with Crippen molar-refractivity contribution in [2.45, 2.75) is 38.1 Å². The van der Waals surface area contributed by atoms with Gasteiger partial charge in [0.25, 0.3) is 0 Å². The molecule has 1 aromatic heterocycles. The molecule has 0 radical (unpaired) electrons. The fraction of sp³-hybridized carbons (Fsp3) is 0.471. The summed E-state index contributed by atoms with van der Waals surface area (Å²) in [5.41, 5.74) is 6.72. The lowest BCUT2D eigenvalue weighted by molar-refractivity contribution is -0.132. The van der Waals surface area contributed by atoms with Crippen LogP contribution in [0.25, 0.3) is 11.4 Å². The molecule has 0 bridgehead atoms. The van der Waals surface area contributed by atoms with Gasteiger partial charge in [0, 0.05) is 42.6 Å². The van der Waals surface area contributed by atoms with Gasteiger partial charge in [0.05, 0.1) is 0 Å². The minimum absolute atomic E-state index is 0.180. The standard InChI is InChI=1S/C17H21ClN4O2/c18-13-6-4-12(5-7-13)17-20-15(24-21-17)2-1-3-16(23)22-10-8-14(19)9-11-22/h4-7,14H,1-3,8-11,19H2. The van der Waals surface area contributed by atoms with Gasteiger partial charge in [0.2, 0.25) is 17.6 Å². The first-order valence-corrected chi connectivity index (χ1v) is 8.61. The highest BCUT2D eigenvalue weighted by Crippen LogP contribution is 2.19. The molecule has 24 heavy (non-hydrogen) atoms. The number of rotatable bonds is 5. The maximum Gasteiger partial charge on any atom is 0.226 e. The molecule has 0 unspecified atom stereocenters. The first-order chi connectivity index (χ1) is 11.6. The lowest BCUT2D eigenvalue weighted by Gasteiger charge is -2.30. The van der Waals surface area contributed by atoms with Gasteiger partial charge >= 0.3 is 0 Å². The van der Waals surface area contributed by atoms with Crippen molar-refractivity contribution >= 4 is 17.5 Å². The number of halogens is 1. The minimum atomic E-state index is 0.180. The number of nitrogens with zero attached hydrogens (tertiary/aromatic N) is 3. The van der Waals surface area contributed by atoms with Gasteiger partial charge in [-0.05, 0) is 43.5 Å². The Morgan fingerprint density at radius 2 is 2.00 bits per heavy atom. The minimum Gasteiger partial charge on any atom is -0.343 e. The van der Waals surface area contributed by atoms with E-state index in [1.807, 2.05) is 17.0 Å². The molecule has 1 aliphatic heterocycles. The Kier molecular flexibility index (Phi) is 5.48. The molecule has 0 atom stereocenters. The summed E-state index contributed by atoms with van der Waals surface area (Å²) in [6.45, 7) is 1.53. The average Bonchev–Trinajstić information content (AvgIpc) is 3.05. The van der Waals surface area contributed by atoms with E-state index in [-0.39, 0.29) is 11.9 Å². The van der Waals surface area contributed by atoms with Gasteiger partial charge in [-0.15, -0.1) is 0 Å². The molecule has 2 heterocycles. The smallest absolute Gasteiger partial charge is 0.226 e. The fourth-order valence-electron chi connectivity index (χ4n) is 2.77. The molecular formula is C17H21ClN4O2. The molecule has 1 aromatic carbocycles. The quantitative estimate of drug-likeness (QED) is 0.897. The van der Waals surface area contributed by atoms with Crippen molar-refractivity contribution in [2.75, 3.05) is 13.1 Å². The molecule has 1 aliphatic rings. The number of hydrogen-bond acceptors (Lipinski definition) is 5. The van der Waals surface area contributed by atoms with Gasteiger partial charge in [0.15, 0.2) is 0 Å². The van der Waals surface area contributed by atoms with E-state index in [0.717, 1.165) is 31.5 Å². The second-order valence-electron chi connectivity index (χ2n) is 6.09. The highest BCUT2D eigenvalue weighted by molar-refractivity contribution is 6.30. The third-order valence-corrected chi connectivity index (χ3v) is 4.50. The van der Waals surface area contributed by atoms with E-state index in [4.69, 9.17) is 21.9 Å². The highest BCUT2D eigenvalue weighted by atomic mass is 35.5. The van der Waals surface area contributed by atoms with Gasteiger partial charge in [-0.3, -0.25) is 4.79 Å². The van der Waals surface area contributed by atoms with Crippen LogP contribution < -0.4 is 5.73 Å². The molecule has 3 rings (SSSR count). The van der Waals surface area contributed by atoms with Crippen LogP contribution in [-0.4, -0.2) is 40.1 Å². The number of nitrogens with two attached hydrogens (primary N) is 1. The normalized spacial score (nSPS) is 15.7. The summed E-state index contributed by atoms with van der Waals surface area (Å²) in [5, 5.41) is 4.64. The van der Waals surface area contributed by atoms with Crippen molar-refractivity contribution in [1.29, 1.82) is 0 Å². The molecule has 0 spiro atoms. The first kappa shape index (κ1) is 16.9. The SMILES string of the molecule is NC1CCN(C(=O)CCCc2nc(-c3ccc(Cl)cc3)no2)CC1. The first-order valence-electron chi connectivity index (χ1n) is 8.23. The topological polar surface area (TPSA) is 85.2 Å². The largest absolute Gasteiger partial charge is 0.343 e. The van der Waals surface area contributed by atoms with E-state index in [1.54, 1.807) is 12.1 Å². The highest BCUT2D eigenvalue weighted by Gasteiger charge is 2.20. The third kappa shape index (κ3) is 4.33. The van der Waals surface area contributed by atoms with E-state index in [0.29, 0.717) is 36.0 Å². The Bertz CT molecular complexity index is 678. The average molecular weight is 349 g/mol. The van der Waals surface area contributed by atoms with E-state index in [2.05, 4.69) is 10.1 Å². The van der Waals surface area contributed by atoms with Crippen LogP contribution in [0.3, 0.4) is 0 Å². The Morgan fingerprint density at radius 1 is 1.29 bits per heavy atom. The zero-order valence-corrected chi connectivity index (χ0v) is 14.2. The predicted molar refractivity (Wildman–Crippen MR) is 91.5 cm³/mol. The molecule has 6 nitrogen and oxygen atoms in total. The summed E-state index contributed by atoms with van der Waals surface area (Å²) >= 11 is 5.87. The Hall–Kier alpha value is -1.92. The van der Waals surface area contributed by atoms with Crippen LogP contribution in [0.15, 0.2) is 28.8 Å². The summed E-state index contributed by atoms with van der Waals surface area (Å²) in [7, 11) is 0. The summed E-state index contributed by atoms with van der Waals surface area (Å²) in [4.78, 5) is 18.4. The Morgan fingerprint density at radius 3 is 2.71 bits per heavy atom. The Labute approximate surface area is 146 Å². The van der Waals surface area contributed by atoms with Crippen molar-refractivity contribution in [2.24, 2.45) is 5.73 Å². The summed E-state index contributed by atoms with van der Waals surface area (Å²) in [5.74, 6) is 1.27. The lowest BCUT2D eigenvalue weighted by atomic mass is 10.1. The number of carbonyl (C=O) groups is 1. The van der Waals surface area contributed by atoms with Gasteiger partial charge < -0.3 is 15.2 Å². The molecule has 1 saturated heterocycles. The number of hydrogen-bond donors (Lipinski definition) is 1. The van der Waals surface area contributed by atoms with Crippen molar-refractivity contribution in [3.63, 3.8) is 0 Å². The molecule has 2 N–H and O–H groups in total. The van der Waals surface area contributed by atoms with Crippen LogP contribution in [-0.2, 0) is 11.2 Å². The van der Waals surface area contributed by atoms with E-state index >= 15 is 0 Å². The Balaban J connectivity index is 1.47. The second kappa shape index (κ2) is 7.77. The summed E-state index contributed by atoms with van der Waals surface area (Å²) in [6.07, 6.45) is 3.57. The van der Waals surface area contributed by atoms with Gasteiger partial charge in [-0.1, -0.05) is 16.8 Å². The van der Waals surface area contributed by atoms with Crippen LogP contribution in [0.5, 0.6) is 0 Å². The number of amides is 1. The van der Waals surface area contributed by atoms with Crippen LogP contribution in [0, 0.1) is 0 Å². The van der Waals surface area contributed by atoms with Crippen LogP contribution >= 0.6 is 11.6 Å². The number of likely N-dealkylation sites (tertiary alicyclic amines) is 1. The maximum atomic E-state index is 12.2. The van der Waals surface area contributed by atoms with Crippen LogP contribution in [0.2, 0.25) is 5.02 Å². The molecular weight excluding hydrogens is 328 g/mol. The third-order valence-electron chi connectivity index (χ3n) is 4.24.